The van der Waals surface area contributed by atoms with Crippen LogP contribution >= 0.6 is 0 Å². The first kappa shape index (κ1) is 23.4. The number of carbonyl (C=O) groups is 2. The van der Waals surface area contributed by atoms with Crippen molar-refractivity contribution in [1.29, 1.82) is 0 Å². The zero-order valence-corrected chi connectivity index (χ0v) is 15.5. The number of hydrogen-bond donors (Lipinski definition) is 0. The monoisotopic (exact) mass is 404 g/mol. The predicted octanol–water partition coefficient (Wildman–Crippen LogP) is 6.43. The minimum Gasteiger partial charge on any atom is -0.295 e. The summed E-state index contributed by atoms with van der Waals surface area (Å²) >= 11 is 0. The third kappa shape index (κ3) is 5.94. The number of aryl methyl sites for hydroxylation is 1. The highest BCUT2D eigenvalue weighted by Crippen LogP contribution is 2.33. The van der Waals surface area contributed by atoms with Gasteiger partial charge in [0.05, 0.1) is 11.1 Å². The zero-order chi connectivity index (χ0) is 21.9. The van der Waals surface area contributed by atoms with E-state index in [0.29, 0.717) is 5.56 Å². The molecule has 0 saturated carbocycles. The molecule has 2 aromatic rings. The molecule has 0 fully saturated rings. The molecule has 28 heavy (non-hydrogen) atoms. The van der Waals surface area contributed by atoms with Gasteiger partial charge in [-0.2, -0.15) is 26.3 Å². The Morgan fingerprint density at radius 3 is 1.64 bits per heavy atom. The molecule has 0 aliphatic heterocycles. The molecular weight excluding hydrogens is 386 g/mol. The smallest absolute Gasteiger partial charge is 0.295 e. The minimum atomic E-state index is -4.47. The minimum absolute atomic E-state index is 0.00694. The van der Waals surface area contributed by atoms with Gasteiger partial charge in [0.2, 0.25) is 0 Å². The van der Waals surface area contributed by atoms with Crippen LogP contribution in [0.15, 0.2) is 36.4 Å². The topological polar surface area (TPSA) is 34.1 Å². The van der Waals surface area contributed by atoms with E-state index in [1.54, 1.807) is 6.92 Å². The summed E-state index contributed by atoms with van der Waals surface area (Å²) in [6.45, 7) is 5.24. The molecule has 0 aromatic heterocycles. The maximum atomic E-state index is 12.4. The van der Waals surface area contributed by atoms with Crippen LogP contribution in [0.25, 0.3) is 0 Å². The highest BCUT2D eigenvalue weighted by molar-refractivity contribution is 5.96. The van der Waals surface area contributed by atoms with Crippen LogP contribution in [0.3, 0.4) is 0 Å². The number of carbonyl (C=O) groups excluding carboxylic acids is 2. The molecule has 0 amide bonds. The molecule has 0 unspecified atom stereocenters. The molecule has 0 saturated heterocycles. The molecule has 8 heteroatoms. The van der Waals surface area contributed by atoms with Crippen LogP contribution < -0.4 is 0 Å². The quantitative estimate of drug-likeness (QED) is 0.427. The molecule has 0 aliphatic carbocycles. The molecule has 152 valence electrons. The first-order chi connectivity index (χ1) is 12.7. The fourth-order valence-corrected chi connectivity index (χ4v) is 2.52. The van der Waals surface area contributed by atoms with E-state index in [-0.39, 0.29) is 22.5 Å². The van der Waals surface area contributed by atoms with Gasteiger partial charge < -0.3 is 0 Å². The van der Waals surface area contributed by atoms with Crippen molar-refractivity contribution in [2.24, 2.45) is 0 Å². The van der Waals surface area contributed by atoms with Crippen LogP contribution in [-0.2, 0) is 12.4 Å². The molecule has 0 atom stereocenters. The van der Waals surface area contributed by atoms with Gasteiger partial charge in [0.15, 0.2) is 11.6 Å². The third-order valence-electron chi connectivity index (χ3n) is 3.88. The number of Topliss-reactive ketones (excluding diaryl/α,β-unsaturated/α-hetero) is 2. The van der Waals surface area contributed by atoms with Gasteiger partial charge in [0.1, 0.15) is 0 Å². The Morgan fingerprint density at radius 1 is 0.714 bits per heavy atom. The Bertz CT molecular complexity index is 879. The summed E-state index contributed by atoms with van der Waals surface area (Å²) in [6.07, 6.45) is -8.86. The molecule has 0 N–H and O–H groups in total. The standard InChI is InChI=1S/2C10H9F3O/c1-6-3-4-8(7(2)14)9(5-6)10(11,12)13;1-6-8(7(2)14)4-3-5-9(6)10(11,12)13/h2*3-5H,1-2H3. The van der Waals surface area contributed by atoms with Gasteiger partial charge in [-0.25, -0.2) is 0 Å². The molecule has 2 rings (SSSR count). The van der Waals surface area contributed by atoms with Crippen LogP contribution in [0.2, 0.25) is 0 Å². The van der Waals surface area contributed by atoms with Crippen molar-refractivity contribution in [2.45, 2.75) is 40.0 Å². The van der Waals surface area contributed by atoms with E-state index in [1.165, 1.54) is 38.1 Å². The van der Waals surface area contributed by atoms with E-state index in [9.17, 15) is 35.9 Å². The lowest BCUT2D eigenvalue weighted by atomic mass is 10.00. The maximum Gasteiger partial charge on any atom is 0.417 e. The van der Waals surface area contributed by atoms with E-state index in [0.717, 1.165) is 19.1 Å². The first-order valence-electron chi connectivity index (χ1n) is 8.02. The van der Waals surface area contributed by atoms with Crippen molar-refractivity contribution in [3.63, 3.8) is 0 Å². The molecule has 0 radical (unpaired) electrons. The lowest BCUT2D eigenvalue weighted by Crippen LogP contribution is -2.11. The van der Waals surface area contributed by atoms with E-state index in [1.807, 2.05) is 0 Å². The second-order valence-electron chi connectivity index (χ2n) is 6.14. The molecule has 2 aromatic carbocycles. The summed E-state index contributed by atoms with van der Waals surface area (Å²) in [6, 6.07) is 7.30. The van der Waals surface area contributed by atoms with Gasteiger partial charge in [-0.1, -0.05) is 29.8 Å². The second-order valence-corrected chi connectivity index (χ2v) is 6.14. The Kier molecular flexibility index (Phi) is 7.17. The van der Waals surface area contributed by atoms with Crippen LogP contribution in [0.5, 0.6) is 0 Å². The van der Waals surface area contributed by atoms with Crippen molar-refractivity contribution in [1.82, 2.24) is 0 Å². The van der Waals surface area contributed by atoms with Gasteiger partial charge in [-0.05, 0) is 45.4 Å². The zero-order valence-electron chi connectivity index (χ0n) is 15.5. The number of rotatable bonds is 2. The Labute approximate surface area is 158 Å². The predicted molar refractivity (Wildman–Crippen MR) is 92.4 cm³/mol. The van der Waals surface area contributed by atoms with Crippen LogP contribution in [0.1, 0.15) is 56.8 Å². The molecule has 0 spiro atoms. The SMILES string of the molecule is CC(=O)c1ccc(C)cc1C(F)(F)F.CC(=O)c1cccc(C(F)(F)F)c1C. The highest BCUT2D eigenvalue weighted by Gasteiger charge is 2.34. The van der Waals surface area contributed by atoms with Crippen molar-refractivity contribution in [3.8, 4) is 0 Å². The summed E-state index contributed by atoms with van der Waals surface area (Å²) in [5.41, 5.74) is -1.27. The van der Waals surface area contributed by atoms with E-state index >= 15 is 0 Å². The van der Waals surface area contributed by atoms with E-state index in [4.69, 9.17) is 0 Å². The van der Waals surface area contributed by atoms with Crippen molar-refractivity contribution >= 4 is 11.6 Å². The Balaban J connectivity index is 0.000000280. The first-order valence-corrected chi connectivity index (χ1v) is 8.02. The fourth-order valence-electron chi connectivity index (χ4n) is 2.52. The van der Waals surface area contributed by atoms with Crippen molar-refractivity contribution < 1.29 is 35.9 Å². The normalized spacial score (nSPS) is 11.5. The Hall–Kier alpha value is -2.64. The van der Waals surface area contributed by atoms with Gasteiger partial charge in [0.25, 0.3) is 0 Å². The molecular formula is C20H18F6O2. The lowest BCUT2D eigenvalue weighted by Gasteiger charge is -2.11. The molecule has 0 aliphatic rings. The molecule has 0 bridgehead atoms. The lowest BCUT2D eigenvalue weighted by molar-refractivity contribution is -0.138. The number of hydrogen-bond acceptors (Lipinski definition) is 2. The highest BCUT2D eigenvalue weighted by atomic mass is 19.4. The summed E-state index contributed by atoms with van der Waals surface area (Å²) < 4.78 is 74.5. The number of ketones is 2. The average Bonchev–Trinajstić information content (AvgIpc) is 2.53. The van der Waals surface area contributed by atoms with Crippen LogP contribution in [-0.4, -0.2) is 11.6 Å². The molecule has 0 heterocycles. The number of benzene rings is 2. The van der Waals surface area contributed by atoms with Gasteiger partial charge in [-0.15, -0.1) is 0 Å². The van der Waals surface area contributed by atoms with E-state index in [2.05, 4.69) is 0 Å². The average molecular weight is 404 g/mol. The van der Waals surface area contributed by atoms with Gasteiger partial charge in [0, 0.05) is 11.1 Å². The number of halogens is 6. The van der Waals surface area contributed by atoms with Gasteiger partial charge >= 0.3 is 12.4 Å². The summed E-state index contributed by atoms with van der Waals surface area (Å²) in [5.74, 6) is -0.925. The van der Waals surface area contributed by atoms with E-state index < -0.39 is 29.3 Å². The second kappa shape index (κ2) is 8.58. The van der Waals surface area contributed by atoms with Crippen molar-refractivity contribution in [2.75, 3.05) is 0 Å². The molecule has 2 nitrogen and oxygen atoms in total. The largest absolute Gasteiger partial charge is 0.417 e. The van der Waals surface area contributed by atoms with Crippen LogP contribution in [0.4, 0.5) is 26.3 Å². The summed E-state index contributed by atoms with van der Waals surface area (Å²) in [5, 5.41) is 0. The van der Waals surface area contributed by atoms with Crippen LogP contribution in [0, 0.1) is 13.8 Å². The third-order valence-corrected chi connectivity index (χ3v) is 3.88. The number of alkyl halides is 6. The summed E-state index contributed by atoms with van der Waals surface area (Å²) in [4.78, 5) is 21.9. The van der Waals surface area contributed by atoms with Crippen molar-refractivity contribution in [3.05, 3.63) is 69.8 Å². The van der Waals surface area contributed by atoms with Gasteiger partial charge in [-0.3, -0.25) is 9.59 Å². The maximum absolute atomic E-state index is 12.4. The Morgan fingerprint density at radius 2 is 1.21 bits per heavy atom. The fraction of sp³-hybridized carbons (Fsp3) is 0.300. The summed E-state index contributed by atoms with van der Waals surface area (Å²) in [7, 11) is 0.